The zero-order valence-electron chi connectivity index (χ0n) is 13.0. The van der Waals surface area contributed by atoms with E-state index in [2.05, 4.69) is 0 Å². The molecule has 126 valence electrons. The van der Waals surface area contributed by atoms with Gasteiger partial charge in [0.2, 0.25) is 10.0 Å². The van der Waals surface area contributed by atoms with Gasteiger partial charge in [-0.05, 0) is 19.1 Å². The minimum atomic E-state index is -3.87. The van der Waals surface area contributed by atoms with E-state index in [1.807, 2.05) is 18.2 Å². The van der Waals surface area contributed by atoms with Gasteiger partial charge in [-0.2, -0.15) is 4.31 Å². The van der Waals surface area contributed by atoms with E-state index < -0.39 is 14.9 Å². The van der Waals surface area contributed by atoms with Crippen molar-refractivity contribution in [2.45, 2.75) is 24.5 Å². The van der Waals surface area contributed by atoms with Crippen molar-refractivity contribution in [3.05, 3.63) is 64.2 Å². The normalized spacial score (nSPS) is 18.3. The molecule has 0 spiro atoms. The lowest BCUT2D eigenvalue weighted by molar-refractivity contribution is -0.385. The van der Waals surface area contributed by atoms with Crippen LogP contribution in [0.15, 0.2) is 53.4 Å². The highest BCUT2D eigenvalue weighted by molar-refractivity contribution is 7.89. The van der Waals surface area contributed by atoms with E-state index >= 15 is 0 Å². The van der Waals surface area contributed by atoms with Crippen LogP contribution in [-0.2, 0) is 16.6 Å². The van der Waals surface area contributed by atoms with Crippen molar-refractivity contribution in [2.24, 2.45) is 0 Å². The SMILES string of the molecule is CC1CN(S(=O)(=O)c2cccc([N+](=O)[O-])c2)Cc2ccccc2O1. The third-order valence-electron chi connectivity index (χ3n) is 3.77. The highest BCUT2D eigenvalue weighted by atomic mass is 32.2. The first-order valence-electron chi connectivity index (χ1n) is 7.37. The maximum atomic E-state index is 12.9. The van der Waals surface area contributed by atoms with E-state index in [4.69, 9.17) is 4.74 Å². The summed E-state index contributed by atoms with van der Waals surface area (Å²) in [5, 5.41) is 10.9. The van der Waals surface area contributed by atoms with Crippen molar-refractivity contribution in [1.82, 2.24) is 4.31 Å². The molecule has 0 bridgehead atoms. The van der Waals surface area contributed by atoms with Crippen LogP contribution in [0.3, 0.4) is 0 Å². The van der Waals surface area contributed by atoms with Gasteiger partial charge in [0.15, 0.2) is 0 Å². The summed E-state index contributed by atoms with van der Waals surface area (Å²) < 4.78 is 32.9. The molecule has 7 nitrogen and oxygen atoms in total. The number of nitrogens with zero attached hydrogens (tertiary/aromatic N) is 2. The molecule has 0 aliphatic carbocycles. The molecule has 8 heteroatoms. The first-order valence-corrected chi connectivity index (χ1v) is 8.81. The average molecular weight is 348 g/mol. The lowest BCUT2D eigenvalue weighted by Gasteiger charge is -2.21. The van der Waals surface area contributed by atoms with Gasteiger partial charge in [-0.25, -0.2) is 8.42 Å². The molecule has 0 saturated carbocycles. The lowest BCUT2D eigenvalue weighted by Crippen LogP contribution is -2.36. The summed E-state index contributed by atoms with van der Waals surface area (Å²) in [6, 6.07) is 12.3. The van der Waals surface area contributed by atoms with Gasteiger partial charge in [-0.1, -0.05) is 24.3 Å². The summed E-state index contributed by atoms with van der Waals surface area (Å²) in [7, 11) is -3.87. The van der Waals surface area contributed by atoms with Crippen LogP contribution in [0.5, 0.6) is 5.75 Å². The smallest absolute Gasteiger partial charge is 0.270 e. The predicted molar refractivity (Wildman–Crippen MR) is 87.2 cm³/mol. The number of ether oxygens (including phenoxy) is 1. The number of rotatable bonds is 3. The van der Waals surface area contributed by atoms with Gasteiger partial charge in [0, 0.05) is 24.2 Å². The molecule has 0 saturated heterocycles. The molecule has 0 N–H and O–H groups in total. The quantitative estimate of drug-likeness (QED) is 0.628. The van der Waals surface area contributed by atoms with Crippen molar-refractivity contribution in [3.8, 4) is 5.75 Å². The predicted octanol–water partition coefficient (Wildman–Crippen LogP) is 2.57. The van der Waals surface area contributed by atoms with Crippen LogP contribution in [0.2, 0.25) is 0 Å². The molecule has 24 heavy (non-hydrogen) atoms. The van der Waals surface area contributed by atoms with Gasteiger partial charge in [0.05, 0.1) is 16.4 Å². The van der Waals surface area contributed by atoms with E-state index in [-0.39, 0.29) is 29.8 Å². The van der Waals surface area contributed by atoms with E-state index in [1.54, 1.807) is 13.0 Å². The Labute approximate surface area is 139 Å². The van der Waals surface area contributed by atoms with Crippen LogP contribution in [0, 0.1) is 10.1 Å². The fourth-order valence-electron chi connectivity index (χ4n) is 2.63. The molecule has 0 amide bonds. The monoisotopic (exact) mass is 348 g/mol. The van der Waals surface area contributed by atoms with Gasteiger partial charge in [-0.15, -0.1) is 0 Å². The number of nitro benzene ring substituents is 1. The Bertz CT molecular complexity index is 882. The Morgan fingerprint density at radius 3 is 2.71 bits per heavy atom. The molecular formula is C16H16N2O5S. The zero-order valence-corrected chi connectivity index (χ0v) is 13.8. The summed E-state index contributed by atoms with van der Waals surface area (Å²) >= 11 is 0. The first-order chi connectivity index (χ1) is 11.4. The number of nitro groups is 1. The van der Waals surface area contributed by atoms with Crippen molar-refractivity contribution >= 4 is 15.7 Å². The Morgan fingerprint density at radius 2 is 1.96 bits per heavy atom. The summed E-state index contributed by atoms with van der Waals surface area (Å²) in [5.41, 5.74) is 0.506. The second kappa shape index (κ2) is 6.21. The Balaban J connectivity index is 2.00. The van der Waals surface area contributed by atoms with Gasteiger partial charge >= 0.3 is 0 Å². The number of fused-ring (bicyclic) bond motifs is 1. The van der Waals surface area contributed by atoms with Crippen LogP contribution in [0.4, 0.5) is 5.69 Å². The van der Waals surface area contributed by atoms with Crippen molar-refractivity contribution in [3.63, 3.8) is 0 Å². The molecule has 0 radical (unpaired) electrons. The van der Waals surface area contributed by atoms with E-state index in [0.717, 1.165) is 11.6 Å². The van der Waals surface area contributed by atoms with E-state index in [1.165, 1.54) is 22.5 Å². The van der Waals surface area contributed by atoms with Gasteiger partial charge in [-0.3, -0.25) is 10.1 Å². The minimum absolute atomic E-state index is 0.0942. The van der Waals surface area contributed by atoms with Crippen molar-refractivity contribution < 1.29 is 18.1 Å². The van der Waals surface area contributed by atoms with Gasteiger partial charge in [0.1, 0.15) is 11.9 Å². The lowest BCUT2D eigenvalue weighted by atomic mass is 10.2. The highest BCUT2D eigenvalue weighted by Crippen LogP contribution is 2.29. The molecule has 1 heterocycles. The van der Waals surface area contributed by atoms with Crippen LogP contribution >= 0.6 is 0 Å². The fourth-order valence-corrected chi connectivity index (χ4v) is 4.17. The molecule has 1 aliphatic heterocycles. The molecule has 2 aromatic carbocycles. The van der Waals surface area contributed by atoms with Crippen LogP contribution in [-0.4, -0.2) is 30.3 Å². The highest BCUT2D eigenvalue weighted by Gasteiger charge is 2.31. The summed E-state index contributed by atoms with van der Waals surface area (Å²) in [5.74, 6) is 0.654. The maximum Gasteiger partial charge on any atom is 0.270 e. The largest absolute Gasteiger partial charge is 0.489 e. The average Bonchev–Trinajstić information content (AvgIpc) is 2.73. The summed E-state index contributed by atoms with van der Waals surface area (Å²) in [4.78, 5) is 10.2. The molecule has 0 aromatic heterocycles. The number of hydrogen-bond acceptors (Lipinski definition) is 5. The third kappa shape index (κ3) is 3.10. The molecule has 1 atom stereocenters. The number of hydrogen-bond donors (Lipinski definition) is 0. The maximum absolute atomic E-state index is 12.9. The topological polar surface area (TPSA) is 89.8 Å². The minimum Gasteiger partial charge on any atom is -0.489 e. The van der Waals surface area contributed by atoms with Crippen molar-refractivity contribution in [2.75, 3.05) is 6.54 Å². The Hall–Kier alpha value is -2.45. The molecule has 1 aliphatic rings. The second-order valence-corrected chi connectivity index (χ2v) is 7.53. The van der Waals surface area contributed by atoms with E-state index in [0.29, 0.717) is 5.75 Å². The van der Waals surface area contributed by atoms with E-state index in [9.17, 15) is 18.5 Å². The van der Waals surface area contributed by atoms with Gasteiger partial charge in [0.25, 0.3) is 5.69 Å². The Morgan fingerprint density at radius 1 is 1.21 bits per heavy atom. The molecule has 3 rings (SSSR count). The summed E-state index contributed by atoms with van der Waals surface area (Å²) in [6.07, 6.45) is -0.331. The number of para-hydroxylation sites is 1. The summed E-state index contributed by atoms with van der Waals surface area (Å²) in [6.45, 7) is 2.11. The molecule has 2 aromatic rings. The second-order valence-electron chi connectivity index (χ2n) is 5.59. The first kappa shape index (κ1) is 16.4. The van der Waals surface area contributed by atoms with Crippen LogP contribution in [0.25, 0.3) is 0 Å². The molecular weight excluding hydrogens is 332 g/mol. The Kier molecular flexibility index (Phi) is 4.25. The van der Waals surface area contributed by atoms with Crippen LogP contribution < -0.4 is 4.74 Å². The van der Waals surface area contributed by atoms with Crippen molar-refractivity contribution in [1.29, 1.82) is 0 Å². The standard InChI is InChI=1S/C16H16N2O5S/c1-12-10-17(11-13-5-2-3-8-16(13)23-12)24(21,22)15-7-4-6-14(9-15)18(19)20/h2-9,12H,10-11H2,1H3. The zero-order chi connectivity index (χ0) is 17.3. The van der Waals surface area contributed by atoms with Crippen LogP contribution in [0.1, 0.15) is 12.5 Å². The van der Waals surface area contributed by atoms with Gasteiger partial charge < -0.3 is 4.74 Å². The number of benzene rings is 2. The molecule has 0 fully saturated rings. The molecule has 1 unspecified atom stereocenters. The number of non-ortho nitro benzene ring substituents is 1. The number of sulfonamides is 1. The third-order valence-corrected chi connectivity index (χ3v) is 5.58. The fraction of sp³-hybridized carbons (Fsp3) is 0.250.